The van der Waals surface area contributed by atoms with Gasteiger partial charge < -0.3 is 4.74 Å². The third-order valence-corrected chi connectivity index (χ3v) is 1.77. The normalized spacial score (nSPS) is 15.1. The molecule has 0 aromatic heterocycles. The molecule has 0 aliphatic rings. The Morgan fingerprint density at radius 1 is 1.36 bits per heavy atom. The van der Waals surface area contributed by atoms with Crippen molar-refractivity contribution in [3.63, 3.8) is 0 Å². The zero-order chi connectivity index (χ0) is 11.6. The van der Waals surface area contributed by atoms with Gasteiger partial charge in [-0.15, -0.1) is 0 Å². The maximum Gasteiger partial charge on any atom is 0.490 e. The van der Waals surface area contributed by atoms with Gasteiger partial charge in [0.15, 0.2) is 0 Å². The van der Waals surface area contributed by atoms with E-state index in [9.17, 15) is 18.0 Å². The van der Waals surface area contributed by atoms with Crippen molar-refractivity contribution in [3.05, 3.63) is 0 Å². The van der Waals surface area contributed by atoms with Crippen molar-refractivity contribution in [3.8, 4) is 0 Å². The third-order valence-electron chi connectivity index (χ3n) is 1.77. The number of hydrogen-bond donors (Lipinski definition) is 1. The van der Waals surface area contributed by atoms with Crippen molar-refractivity contribution in [2.45, 2.75) is 38.7 Å². The van der Waals surface area contributed by atoms with Gasteiger partial charge in [0.1, 0.15) is 11.7 Å². The van der Waals surface area contributed by atoms with Crippen LogP contribution >= 0.6 is 0 Å². The Morgan fingerprint density at radius 3 is 2.07 bits per heavy atom. The first-order valence-corrected chi connectivity index (χ1v) is 3.77. The molecule has 1 unspecified atom stereocenters. The molecular weight excluding hydrogens is 203 g/mol. The second-order valence-corrected chi connectivity index (χ2v) is 3.27. The van der Waals surface area contributed by atoms with Crippen molar-refractivity contribution in [2.24, 2.45) is 5.90 Å². The molecule has 0 amide bonds. The van der Waals surface area contributed by atoms with Gasteiger partial charge >= 0.3 is 12.1 Å². The van der Waals surface area contributed by atoms with E-state index in [0.29, 0.717) is 0 Å². The van der Waals surface area contributed by atoms with E-state index in [1.54, 1.807) is 0 Å². The molecule has 0 aromatic carbocycles. The van der Waals surface area contributed by atoms with Crippen LogP contribution in [0.2, 0.25) is 0 Å². The first kappa shape index (κ1) is 13.2. The molecule has 1 atom stereocenters. The zero-order valence-electron chi connectivity index (χ0n) is 8.01. The average Bonchev–Trinajstić information content (AvgIpc) is 2.00. The molecular formula is C7H12F3NO3. The monoisotopic (exact) mass is 215 g/mol. The number of ether oxygens (including phenoxy) is 1. The highest BCUT2D eigenvalue weighted by atomic mass is 19.4. The molecule has 0 saturated carbocycles. The molecule has 2 N–H and O–H groups in total. The van der Waals surface area contributed by atoms with Crippen LogP contribution in [0, 0.1) is 0 Å². The molecule has 7 heteroatoms. The highest BCUT2D eigenvalue weighted by molar-refractivity contribution is 5.76. The van der Waals surface area contributed by atoms with Crippen LogP contribution in [0.25, 0.3) is 0 Å². The summed E-state index contributed by atoms with van der Waals surface area (Å²) >= 11 is 0. The molecule has 0 aliphatic heterocycles. The summed E-state index contributed by atoms with van der Waals surface area (Å²) in [4.78, 5) is 14.7. The van der Waals surface area contributed by atoms with Gasteiger partial charge in [-0.1, -0.05) is 0 Å². The first-order valence-electron chi connectivity index (χ1n) is 3.77. The molecule has 4 nitrogen and oxygen atoms in total. The average molecular weight is 215 g/mol. The highest BCUT2D eigenvalue weighted by Gasteiger charge is 2.45. The summed E-state index contributed by atoms with van der Waals surface area (Å²) in [6.45, 7) is 3.94. The summed E-state index contributed by atoms with van der Waals surface area (Å²) in [5.74, 6) is 2.51. The van der Waals surface area contributed by atoms with Crippen molar-refractivity contribution < 1.29 is 27.5 Å². The summed E-state index contributed by atoms with van der Waals surface area (Å²) in [6.07, 6.45) is -5.85. The molecule has 0 saturated heterocycles. The fourth-order valence-corrected chi connectivity index (χ4v) is 0.544. The fraction of sp³-hybridized carbons (Fsp3) is 0.857. The van der Waals surface area contributed by atoms with E-state index in [4.69, 9.17) is 5.90 Å². The van der Waals surface area contributed by atoms with Crippen LogP contribution in [0.4, 0.5) is 13.2 Å². The molecule has 0 spiro atoms. The van der Waals surface area contributed by atoms with Crippen LogP contribution in [0.3, 0.4) is 0 Å². The van der Waals surface area contributed by atoms with Crippen molar-refractivity contribution >= 4 is 5.97 Å². The molecule has 14 heavy (non-hydrogen) atoms. The minimum absolute atomic E-state index is 0.839. The van der Waals surface area contributed by atoms with E-state index in [0.717, 1.165) is 0 Å². The van der Waals surface area contributed by atoms with Crippen LogP contribution in [0.1, 0.15) is 20.8 Å². The van der Waals surface area contributed by atoms with Gasteiger partial charge in [-0.05, 0) is 20.8 Å². The lowest BCUT2D eigenvalue weighted by Gasteiger charge is -2.29. The maximum absolute atomic E-state index is 11.8. The van der Waals surface area contributed by atoms with E-state index in [2.05, 4.69) is 9.57 Å². The van der Waals surface area contributed by atoms with Gasteiger partial charge in [-0.25, -0.2) is 10.7 Å². The maximum atomic E-state index is 11.8. The second kappa shape index (κ2) is 4.14. The van der Waals surface area contributed by atoms with Crippen LogP contribution < -0.4 is 5.90 Å². The van der Waals surface area contributed by atoms with Crippen molar-refractivity contribution in [1.82, 2.24) is 0 Å². The number of carbonyl (C=O) groups excluding carboxylic acids is 1. The predicted octanol–water partition coefficient (Wildman–Crippen LogP) is 1.15. The molecule has 0 heterocycles. The summed E-state index contributed by atoms with van der Waals surface area (Å²) < 4.78 is 39.6. The first-order chi connectivity index (χ1) is 6.11. The molecule has 0 aromatic rings. The highest BCUT2D eigenvalue weighted by Crippen LogP contribution is 2.23. The number of halogens is 3. The number of nitrogens with two attached hydrogens (primary N) is 1. The van der Waals surface area contributed by atoms with Crippen LogP contribution in [0.5, 0.6) is 0 Å². The third kappa shape index (κ3) is 3.51. The summed E-state index contributed by atoms with van der Waals surface area (Å²) in [6, 6.07) is 0. The Morgan fingerprint density at radius 2 is 1.79 bits per heavy atom. The van der Waals surface area contributed by atoms with E-state index in [-0.39, 0.29) is 0 Å². The summed E-state index contributed by atoms with van der Waals surface area (Å²) in [5, 5.41) is 0. The molecule has 0 rings (SSSR count). The standard InChI is InChI=1S/C7H12F3NO3/c1-4(14-11)6(2,3)13-5(12)7(8,9)10/h4H,11H2,1-3H3. The van der Waals surface area contributed by atoms with Gasteiger partial charge in [-0.2, -0.15) is 13.2 Å². The van der Waals surface area contributed by atoms with Crippen molar-refractivity contribution in [2.75, 3.05) is 0 Å². The fourth-order valence-electron chi connectivity index (χ4n) is 0.544. The number of esters is 1. The Hall–Kier alpha value is -0.820. The number of carbonyl (C=O) groups is 1. The predicted molar refractivity (Wildman–Crippen MR) is 41.0 cm³/mol. The van der Waals surface area contributed by atoms with Gasteiger partial charge in [0.2, 0.25) is 0 Å². The van der Waals surface area contributed by atoms with Gasteiger partial charge in [-0.3, -0.25) is 4.84 Å². The Bertz CT molecular complexity index is 215. The molecule has 0 bridgehead atoms. The molecule has 0 fully saturated rings. The largest absolute Gasteiger partial charge is 0.490 e. The summed E-state index contributed by atoms with van der Waals surface area (Å²) in [5.41, 5.74) is -1.43. The number of rotatable bonds is 3. The van der Waals surface area contributed by atoms with E-state index in [1.165, 1.54) is 20.8 Å². The van der Waals surface area contributed by atoms with Crippen LogP contribution in [-0.2, 0) is 14.4 Å². The lowest BCUT2D eigenvalue weighted by molar-refractivity contribution is -0.220. The topological polar surface area (TPSA) is 61.6 Å². The van der Waals surface area contributed by atoms with Crippen LogP contribution in [-0.4, -0.2) is 23.9 Å². The Balaban J connectivity index is 4.44. The summed E-state index contributed by atoms with van der Waals surface area (Å²) in [7, 11) is 0. The lowest BCUT2D eigenvalue weighted by atomic mass is 10.0. The Labute approximate surface area is 79.1 Å². The minimum Gasteiger partial charge on any atom is -0.450 e. The zero-order valence-corrected chi connectivity index (χ0v) is 8.01. The lowest BCUT2D eigenvalue weighted by Crippen LogP contribution is -2.45. The van der Waals surface area contributed by atoms with E-state index >= 15 is 0 Å². The molecule has 0 radical (unpaired) electrons. The quantitative estimate of drug-likeness (QED) is 0.566. The minimum atomic E-state index is -5.01. The van der Waals surface area contributed by atoms with Crippen LogP contribution in [0.15, 0.2) is 0 Å². The number of hydrogen-bond acceptors (Lipinski definition) is 4. The number of alkyl halides is 3. The smallest absolute Gasteiger partial charge is 0.450 e. The second-order valence-electron chi connectivity index (χ2n) is 3.27. The van der Waals surface area contributed by atoms with Gasteiger partial charge in [0.25, 0.3) is 0 Å². The Kier molecular flexibility index (Phi) is 3.90. The van der Waals surface area contributed by atoms with Gasteiger partial charge in [0.05, 0.1) is 0 Å². The van der Waals surface area contributed by atoms with E-state index < -0.39 is 23.9 Å². The molecule has 0 aliphatic carbocycles. The van der Waals surface area contributed by atoms with E-state index in [1.807, 2.05) is 0 Å². The van der Waals surface area contributed by atoms with Crippen molar-refractivity contribution in [1.29, 1.82) is 0 Å². The SMILES string of the molecule is CC(ON)C(C)(C)OC(=O)C(F)(F)F. The molecule has 84 valence electrons. The van der Waals surface area contributed by atoms with Gasteiger partial charge in [0, 0.05) is 0 Å².